The van der Waals surface area contributed by atoms with E-state index in [0.29, 0.717) is 29.5 Å². The number of rotatable bonds is 6. The molecule has 1 aromatic rings. The lowest BCUT2D eigenvalue weighted by Crippen LogP contribution is -3.14. The normalized spacial score (nSPS) is 20.5. The number of morpholine rings is 1. The van der Waals surface area contributed by atoms with Gasteiger partial charge in [0.05, 0.1) is 38.3 Å². The van der Waals surface area contributed by atoms with Crippen LogP contribution in [0, 0.1) is 5.92 Å². The van der Waals surface area contributed by atoms with E-state index in [1.807, 2.05) is 6.92 Å². The van der Waals surface area contributed by atoms with Crippen molar-refractivity contribution in [3.63, 3.8) is 0 Å². The summed E-state index contributed by atoms with van der Waals surface area (Å²) >= 11 is 1.55. The Balaban J connectivity index is 1.69. The fraction of sp³-hybridized carbons (Fsp3) is 0.684. The standard InChI is InChI=1S/C19H28N2O4S/c1-3-25-19(23)17-14-5-4-13(2)12-15(14)26-18(17)20-16(22)6-7-21-8-10-24-11-9-21/h13H,3-12H2,1-2H3,(H,20,22)/p+1/t13-/m1/s1. The van der Waals surface area contributed by atoms with Crippen molar-refractivity contribution in [2.75, 3.05) is 44.8 Å². The quantitative estimate of drug-likeness (QED) is 0.729. The second-order valence-electron chi connectivity index (χ2n) is 7.19. The van der Waals surface area contributed by atoms with Crippen LogP contribution in [0.25, 0.3) is 0 Å². The number of amides is 1. The largest absolute Gasteiger partial charge is 0.462 e. The first-order valence-corrected chi connectivity index (χ1v) is 10.4. The van der Waals surface area contributed by atoms with Crippen LogP contribution in [0.15, 0.2) is 0 Å². The molecule has 1 aromatic heterocycles. The average Bonchev–Trinajstić information content (AvgIpc) is 2.98. The van der Waals surface area contributed by atoms with E-state index in [1.54, 1.807) is 11.3 Å². The Kier molecular flexibility index (Phi) is 6.67. The molecule has 2 heterocycles. The van der Waals surface area contributed by atoms with Crippen LogP contribution >= 0.6 is 11.3 Å². The topological polar surface area (TPSA) is 69.1 Å². The Labute approximate surface area is 158 Å². The number of nitrogens with one attached hydrogen (secondary N) is 2. The monoisotopic (exact) mass is 381 g/mol. The van der Waals surface area contributed by atoms with Gasteiger partial charge >= 0.3 is 5.97 Å². The smallest absolute Gasteiger partial charge is 0.341 e. The molecule has 26 heavy (non-hydrogen) atoms. The Morgan fingerprint density at radius 2 is 2.12 bits per heavy atom. The minimum atomic E-state index is -0.311. The summed E-state index contributed by atoms with van der Waals surface area (Å²) < 4.78 is 10.6. The van der Waals surface area contributed by atoms with Crippen molar-refractivity contribution >= 4 is 28.2 Å². The van der Waals surface area contributed by atoms with Crippen LogP contribution in [0.5, 0.6) is 0 Å². The Bertz CT molecular complexity index is 652. The number of quaternary nitrogens is 1. The lowest BCUT2D eigenvalue weighted by Gasteiger charge is -2.23. The van der Waals surface area contributed by atoms with E-state index < -0.39 is 0 Å². The van der Waals surface area contributed by atoms with E-state index in [0.717, 1.165) is 57.7 Å². The summed E-state index contributed by atoms with van der Waals surface area (Å²) in [5.41, 5.74) is 1.67. The van der Waals surface area contributed by atoms with Gasteiger partial charge in [0.1, 0.15) is 18.1 Å². The van der Waals surface area contributed by atoms with Gasteiger partial charge in [-0.15, -0.1) is 11.3 Å². The Morgan fingerprint density at radius 1 is 1.35 bits per heavy atom. The molecule has 144 valence electrons. The summed E-state index contributed by atoms with van der Waals surface area (Å²) in [6.07, 6.45) is 3.38. The van der Waals surface area contributed by atoms with Crippen LogP contribution in [0.2, 0.25) is 0 Å². The van der Waals surface area contributed by atoms with Crippen LogP contribution in [-0.2, 0) is 27.1 Å². The first-order valence-electron chi connectivity index (χ1n) is 9.61. The number of ether oxygens (including phenoxy) is 2. The summed E-state index contributed by atoms with van der Waals surface area (Å²) in [4.78, 5) is 27.6. The second kappa shape index (κ2) is 8.97. The van der Waals surface area contributed by atoms with Crippen molar-refractivity contribution < 1.29 is 24.0 Å². The number of hydrogen-bond acceptors (Lipinski definition) is 5. The number of fused-ring (bicyclic) bond motifs is 1. The molecule has 2 N–H and O–H groups in total. The molecule has 1 aliphatic carbocycles. The molecule has 1 fully saturated rings. The van der Waals surface area contributed by atoms with Gasteiger partial charge in [0.2, 0.25) is 5.91 Å². The summed E-state index contributed by atoms with van der Waals surface area (Å²) in [6, 6.07) is 0. The molecule has 0 aromatic carbocycles. The van der Waals surface area contributed by atoms with Crippen molar-refractivity contribution in [2.24, 2.45) is 5.92 Å². The van der Waals surface area contributed by atoms with Crippen molar-refractivity contribution in [1.29, 1.82) is 0 Å². The second-order valence-corrected chi connectivity index (χ2v) is 8.29. The highest BCUT2D eigenvalue weighted by atomic mass is 32.1. The molecule has 7 heteroatoms. The molecule has 1 saturated heterocycles. The molecule has 1 aliphatic heterocycles. The lowest BCUT2D eigenvalue weighted by molar-refractivity contribution is -0.907. The molecule has 2 aliphatic rings. The van der Waals surface area contributed by atoms with Gasteiger partial charge in [0.15, 0.2) is 0 Å². The zero-order chi connectivity index (χ0) is 18.5. The number of hydrogen-bond donors (Lipinski definition) is 2. The van der Waals surface area contributed by atoms with Gasteiger partial charge in [-0.3, -0.25) is 4.79 Å². The fourth-order valence-electron chi connectivity index (χ4n) is 3.65. The van der Waals surface area contributed by atoms with Gasteiger partial charge < -0.3 is 19.7 Å². The molecule has 1 atom stereocenters. The molecule has 1 amide bonds. The first-order chi connectivity index (χ1) is 12.6. The van der Waals surface area contributed by atoms with Crippen molar-refractivity contribution in [1.82, 2.24) is 0 Å². The third-order valence-corrected chi connectivity index (χ3v) is 6.32. The minimum absolute atomic E-state index is 0.0267. The van der Waals surface area contributed by atoms with Crippen molar-refractivity contribution in [2.45, 2.75) is 39.5 Å². The molecule has 0 bridgehead atoms. The summed E-state index contributed by atoms with van der Waals surface area (Å²) in [6.45, 7) is 8.61. The van der Waals surface area contributed by atoms with Crippen LogP contribution in [0.3, 0.4) is 0 Å². The lowest BCUT2D eigenvalue weighted by atomic mass is 9.88. The predicted molar refractivity (Wildman–Crippen MR) is 101 cm³/mol. The first kappa shape index (κ1) is 19.3. The number of carbonyl (C=O) groups is 2. The summed E-state index contributed by atoms with van der Waals surface area (Å²) in [7, 11) is 0. The molecule has 6 nitrogen and oxygen atoms in total. The van der Waals surface area contributed by atoms with Gasteiger partial charge in [0, 0.05) is 4.88 Å². The maximum absolute atomic E-state index is 12.5. The highest BCUT2D eigenvalue weighted by Gasteiger charge is 2.29. The molecule has 0 spiro atoms. The molecule has 0 saturated carbocycles. The van der Waals surface area contributed by atoms with E-state index in [2.05, 4.69) is 12.2 Å². The number of thiophene rings is 1. The highest BCUT2D eigenvalue weighted by Crippen LogP contribution is 2.40. The molecule has 0 radical (unpaired) electrons. The third-order valence-electron chi connectivity index (χ3n) is 5.15. The molecule has 3 rings (SSSR count). The molecular formula is C19H29N2O4S+. The fourth-order valence-corrected chi connectivity index (χ4v) is 5.06. The van der Waals surface area contributed by atoms with E-state index in [-0.39, 0.29) is 11.9 Å². The zero-order valence-corrected chi connectivity index (χ0v) is 16.5. The van der Waals surface area contributed by atoms with Gasteiger partial charge in [-0.25, -0.2) is 4.79 Å². The Morgan fingerprint density at radius 3 is 2.85 bits per heavy atom. The average molecular weight is 382 g/mol. The van der Waals surface area contributed by atoms with Crippen LogP contribution in [0.1, 0.15) is 47.5 Å². The summed E-state index contributed by atoms with van der Waals surface area (Å²) in [5, 5.41) is 3.67. The summed E-state index contributed by atoms with van der Waals surface area (Å²) in [5.74, 6) is 0.277. The maximum Gasteiger partial charge on any atom is 0.341 e. The van der Waals surface area contributed by atoms with E-state index >= 15 is 0 Å². The minimum Gasteiger partial charge on any atom is -0.462 e. The highest BCUT2D eigenvalue weighted by molar-refractivity contribution is 7.17. The predicted octanol–water partition coefficient (Wildman–Crippen LogP) is 1.29. The van der Waals surface area contributed by atoms with E-state index in [9.17, 15) is 9.59 Å². The van der Waals surface area contributed by atoms with Crippen LogP contribution in [-0.4, -0.2) is 51.3 Å². The zero-order valence-electron chi connectivity index (χ0n) is 15.7. The maximum atomic E-state index is 12.5. The van der Waals surface area contributed by atoms with Gasteiger partial charge in [-0.05, 0) is 37.7 Å². The molecule has 0 unspecified atom stereocenters. The van der Waals surface area contributed by atoms with Gasteiger partial charge in [0.25, 0.3) is 0 Å². The SMILES string of the molecule is CCOC(=O)c1c(NC(=O)CC[NH+]2CCOCC2)sc2c1CC[C@@H](C)C2. The van der Waals surface area contributed by atoms with E-state index in [4.69, 9.17) is 9.47 Å². The van der Waals surface area contributed by atoms with Gasteiger partial charge in [-0.2, -0.15) is 0 Å². The van der Waals surface area contributed by atoms with E-state index in [1.165, 1.54) is 9.78 Å². The van der Waals surface area contributed by atoms with Crippen LogP contribution in [0.4, 0.5) is 5.00 Å². The Hall–Kier alpha value is -1.44. The molecular weight excluding hydrogens is 352 g/mol. The number of esters is 1. The van der Waals surface area contributed by atoms with Crippen molar-refractivity contribution in [3.8, 4) is 0 Å². The van der Waals surface area contributed by atoms with Crippen LogP contribution < -0.4 is 10.2 Å². The van der Waals surface area contributed by atoms with Crippen molar-refractivity contribution in [3.05, 3.63) is 16.0 Å². The van der Waals surface area contributed by atoms with Gasteiger partial charge in [-0.1, -0.05) is 6.92 Å². The number of carbonyl (C=O) groups excluding carboxylic acids is 2. The number of anilines is 1. The third kappa shape index (κ3) is 4.64.